The molecule has 1 aromatic heterocycles. The van der Waals surface area contributed by atoms with Crippen LogP contribution in [0.15, 0.2) is 35.1 Å². The zero-order valence-electron chi connectivity index (χ0n) is 9.85. The molecular formula is C12H12BrF2N3O. The molecule has 0 aliphatic heterocycles. The average Bonchev–Trinajstić information content (AvgIpc) is 2.80. The van der Waals surface area contributed by atoms with Crippen molar-refractivity contribution in [1.29, 1.82) is 0 Å². The van der Waals surface area contributed by atoms with E-state index in [-0.39, 0.29) is 18.8 Å². The molecule has 0 fully saturated rings. The van der Waals surface area contributed by atoms with E-state index in [1.54, 1.807) is 23.1 Å². The van der Waals surface area contributed by atoms with Crippen molar-refractivity contribution in [3.63, 3.8) is 0 Å². The maximum absolute atomic E-state index is 13.5. The van der Waals surface area contributed by atoms with Crippen LogP contribution in [-0.4, -0.2) is 27.5 Å². The smallest absolute Gasteiger partial charge is 0.150 e. The zero-order chi connectivity index (χ0) is 13.8. The van der Waals surface area contributed by atoms with Gasteiger partial charge < -0.3 is 10.4 Å². The van der Waals surface area contributed by atoms with Gasteiger partial charge >= 0.3 is 0 Å². The minimum atomic E-state index is -0.803. The molecule has 2 N–H and O–H groups in total. The Balaban J connectivity index is 1.95. The summed E-state index contributed by atoms with van der Waals surface area (Å²) >= 11 is 3.00. The van der Waals surface area contributed by atoms with Gasteiger partial charge in [-0.25, -0.2) is 8.78 Å². The van der Waals surface area contributed by atoms with Crippen molar-refractivity contribution in [3.05, 3.63) is 46.7 Å². The third kappa shape index (κ3) is 3.74. The number of nitrogens with one attached hydrogen (secondary N) is 1. The van der Waals surface area contributed by atoms with E-state index in [9.17, 15) is 13.9 Å². The fraction of sp³-hybridized carbons (Fsp3) is 0.250. The van der Waals surface area contributed by atoms with E-state index >= 15 is 0 Å². The minimum absolute atomic E-state index is 0.0231. The van der Waals surface area contributed by atoms with Crippen LogP contribution in [0.3, 0.4) is 0 Å². The Morgan fingerprint density at radius 2 is 2.05 bits per heavy atom. The molecule has 0 bridgehead atoms. The van der Waals surface area contributed by atoms with E-state index in [1.165, 1.54) is 0 Å². The summed E-state index contributed by atoms with van der Waals surface area (Å²) in [6, 6.07) is 4.05. The van der Waals surface area contributed by atoms with Gasteiger partial charge in [0.25, 0.3) is 0 Å². The molecule has 7 heteroatoms. The van der Waals surface area contributed by atoms with E-state index < -0.39 is 17.7 Å². The quantitative estimate of drug-likeness (QED) is 0.884. The van der Waals surface area contributed by atoms with E-state index in [1.807, 2.05) is 0 Å². The molecule has 2 rings (SSSR count). The van der Waals surface area contributed by atoms with Gasteiger partial charge in [-0.05, 0) is 18.2 Å². The highest BCUT2D eigenvalue weighted by molar-refractivity contribution is 9.10. The van der Waals surface area contributed by atoms with Crippen molar-refractivity contribution in [2.24, 2.45) is 0 Å². The molecule has 1 unspecified atom stereocenters. The molecule has 1 atom stereocenters. The van der Waals surface area contributed by atoms with Gasteiger partial charge in [0.05, 0.1) is 12.6 Å². The van der Waals surface area contributed by atoms with E-state index in [0.717, 1.165) is 12.1 Å². The van der Waals surface area contributed by atoms with Crippen LogP contribution in [-0.2, 0) is 6.54 Å². The van der Waals surface area contributed by atoms with Crippen molar-refractivity contribution in [2.75, 3.05) is 11.9 Å². The zero-order valence-corrected chi connectivity index (χ0v) is 11.4. The van der Waals surface area contributed by atoms with Crippen molar-refractivity contribution in [3.8, 4) is 0 Å². The molecule has 0 radical (unpaired) electrons. The average molecular weight is 332 g/mol. The number of aromatic nitrogens is 2. The maximum atomic E-state index is 13.5. The Bertz CT molecular complexity index is 525. The fourth-order valence-corrected chi connectivity index (χ4v) is 2.02. The molecule has 1 heterocycles. The Morgan fingerprint density at radius 3 is 2.63 bits per heavy atom. The second-order valence-corrected chi connectivity index (χ2v) is 4.92. The first-order valence-corrected chi connectivity index (χ1v) is 6.39. The number of hydrogen-bond donors (Lipinski definition) is 2. The first kappa shape index (κ1) is 14.0. The number of aliphatic hydroxyl groups excluding tert-OH is 1. The molecule has 0 saturated carbocycles. The van der Waals surface area contributed by atoms with Crippen LogP contribution in [0, 0.1) is 11.6 Å². The summed E-state index contributed by atoms with van der Waals surface area (Å²) in [5, 5.41) is 16.2. The monoisotopic (exact) mass is 331 g/mol. The van der Waals surface area contributed by atoms with Gasteiger partial charge in [-0.3, -0.25) is 4.68 Å². The fourth-order valence-electron chi connectivity index (χ4n) is 1.62. The van der Waals surface area contributed by atoms with Crippen LogP contribution < -0.4 is 5.32 Å². The second kappa shape index (κ2) is 6.12. The maximum Gasteiger partial charge on any atom is 0.150 e. The molecule has 4 nitrogen and oxygen atoms in total. The largest absolute Gasteiger partial charge is 0.389 e. The third-order valence-electron chi connectivity index (χ3n) is 2.48. The van der Waals surface area contributed by atoms with Crippen LogP contribution in [0.1, 0.15) is 0 Å². The number of nitrogens with zero attached hydrogens (tertiary/aromatic N) is 2. The predicted molar refractivity (Wildman–Crippen MR) is 70.8 cm³/mol. The molecule has 1 aromatic carbocycles. The number of halogens is 3. The topological polar surface area (TPSA) is 50.1 Å². The number of benzene rings is 1. The number of hydrogen-bond acceptors (Lipinski definition) is 3. The molecule has 0 aliphatic rings. The summed E-state index contributed by atoms with van der Waals surface area (Å²) in [5.41, 5.74) is -0.247. The van der Waals surface area contributed by atoms with Crippen molar-refractivity contribution in [2.45, 2.75) is 12.6 Å². The SMILES string of the molecule is OC(CNc1c(F)cc(Br)cc1F)Cn1cccn1. The van der Waals surface area contributed by atoms with Gasteiger partial charge in [-0.1, -0.05) is 15.9 Å². The van der Waals surface area contributed by atoms with Gasteiger partial charge in [0.1, 0.15) is 17.3 Å². The first-order valence-electron chi connectivity index (χ1n) is 5.60. The normalized spacial score (nSPS) is 12.4. The molecule has 102 valence electrons. The van der Waals surface area contributed by atoms with Gasteiger partial charge in [-0.15, -0.1) is 0 Å². The van der Waals surface area contributed by atoms with E-state index in [2.05, 4.69) is 26.3 Å². The highest BCUT2D eigenvalue weighted by atomic mass is 79.9. The third-order valence-corrected chi connectivity index (χ3v) is 2.94. The summed E-state index contributed by atoms with van der Waals surface area (Å²) in [6.07, 6.45) is 2.49. The molecule has 2 aromatic rings. The van der Waals surface area contributed by atoms with Gasteiger partial charge in [0.15, 0.2) is 0 Å². The first-order chi connectivity index (χ1) is 9.06. The van der Waals surface area contributed by atoms with Crippen molar-refractivity contribution >= 4 is 21.6 Å². The van der Waals surface area contributed by atoms with Gasteiger partial charge in [-0.2, -0.15) is 5.10 Å². The molecule has 0 spiro atoms. The predicted octanol–water partition coefficient (Wildman–Crippen LogP) is 2.40. The summed E-state index contributed by atoms with van der Waals surface area (Å²) in [5.74, 6) is -1.42. The lowest BCUT2D eigenvalue weighted by molar-refractivity contribution is 0.161. The highest BCUT2D eigenvalue weighted by Gasteiger charge is 2.12. The molecule has 19 heavy (non-hydrogen) atoms. The van der Waals surface area contributed by atoms with Crippen LogP contribution in [0.2, 0.25) is 0 Å². The Morgan fingerprint density at radius 1 is 1.37 bits per heavy atom. The Labute approximate surface area is 117 Å². The van der Waals surface area contributed by atoms with Crippen molar-refractivity contribution in [1.82, 2.24) is 9.78 Å². The van der Waals surface area contributed by atoms with Crippen LogP contribution in [0.5, 0.6) is 0 Å². The lowest BCUT2D eigenvalue weighted by Gasteiger charge is -2.14. The number of anilines is 1. The lowest BCUT2D eigenvalue weighted by Crippen LogP contribution is -2.25. The Hall–Kier alpha value is -1.47. The van der Waals surface area contributed by atoms with Gasteiger partial charge in [0, 0.05) is 23.4 Å². The summed E-state index contributed by atoms with van der Waals surface area (Å²) < 4.78 is 28.9. The van der Waals surface area contributed by atoms with Crippen LogP contribution in [0.25, 0.3) is 0 Å². The van der Waals surface area contributed by atoms with Crippen LogP contribution >= 0.6 is 15.9 Å². The lowest BCUT2D eigenvalue weighted by atomic mass is 10.2. The summed E-state index contributed by atoms with van der Waals surface area (Å²) in [6.45, 7) is 0.273. The highest BCUT2D eigenvalue weighted by Crippen LogP contribution is 2.23. The number of aliphatic hydroxyl groups is 1. The molecule has 0 saturated heterocycles. The van der Waals surface area contributed by atoms with E-state index in [0.29, 0.717) is 4.47 Å². The number of rotatable bonds is 5. The molecular weight excluding hydrogens is 320 g/mol. The molecule has 0 aliphatic carbocycles. The van der Waals surface area contributed by atoms with Crippen LogP contribution in [0.4, 0.5) is 14.5 Å². The second-order valence-electron chi connectivity index (χ2n) is 4.01. The molecule has 0 amide bonds. The van der Waals surface area contributed by atoms with Gasteiger partial charge in [0.2, 0.25) is 0 Å². The Kier molecular flexibility index (Phi) is 4.49. The summed E-state index contributed by atoms with van der Waals surface area (Å²) in [7, 11) is 0. The standard InChI is InChI=1S/C12H12BrF2N3O/c13-8-4-10(14)12(11(15)5-8)16-6-9(19)7-18-3-1-2-17-18/h1-5,9,16,19H,6-7H2. The van der Waals surface area contributed by atoms with Crippen molar-refractivity contribution < 1.29 is 13.9 Å². The van der Waals surface area contributed by atoms with E-state index in [4.69, 9.17) is 0 Å². The minimum Gasteiger partial charge on any atom is -0.389 e. The summed E-state index contributed by atoms with van der Waals surface area (Å²) in [4.78, 5) is 0.